The predicted molar refractivity (Wildman–Crippen MR) is 99.3 cm³/mol. The molecule has 0 atom stereocenters. The van der Waals surface area contributed by atoms with E-state index in [9.17, 15) is 9.18 Å². The van der Waals surface area contributed by atoms with Crippen LogP contribution in [0.15, 0.2) is 53.5 Å². The van der Waals surface area contributed by atoms with Crippen LogP contribution in [0.2, 0.25) is 5.02 Å². The van der Waals surface area contributed by atoms with Crippen molar-refractivity contribution in [1.29, 1.82) is 0 Å². The normalized spacial score (nSPS) is 11.1. The Bertz CT molecular complexity index is 766. The fourth-order valence-corrected chi connectivity index (χ4v) is 2.51. The summed E-state index contributed by atoms with van der Waals surface area (Å²) in [6, 6.07) is 13.3. The molecule has 2 rings (SSSR count). The molecule has 132 valence electrons. The molecule has 25 heavy (non-hydrogen) atoms. The number of aliphatic imine (C=N–C) groups is 1. The summed E-state index contributed by atoms with van der Waals surface area (Å²) in [4.78, 5) is 18.0. The molecular formula is C18H20ClFN4O. The molecule has 0 unspecified atom stereocenters. The molecule has 0 spiro atoms. The molecule has 0 heterocycles. The highest BCUT2D eigenvalue weighted by Crippen LogP contribution is 2.12. The molecule has 0 aliphatic carbocycles. The van der Waals surface area contributed by atoms with Gasteiger partial charge in [-0.25, -0.2) is 4.39 Å². The van der Waals surface area contributed by atoms with Crippen LogP contribution in [0.25, 0.3) is 0 Å². The molecule has 0 radical (unpaired) electrons. The van der Waals surface area contributed by atoms with Crippen molar-refractivity contribution in [2.75, 3.05) is 26.0 Å². The summed E-state index contributed by atoms with van der Waals surface area (Å²) in [6.45, 7) is 0.606. The van der Waals surface area contributed by atoms with Crippen molar-refractivity contribution < 1.29 is 9.18 Å². The van der Waals surface area contributed by atoms with Crippen molar-refractivity contribution in [3.8, 4) is 0 Å². The quantitative estimate of drug-likeness (QED) is 0.634. The summed E-state index contributed by atoms with van der Waals surface area (Å²) in [5.74, 6) is -0.125. The third-order valence-electron chi connectivity index (χ3n) is 3.40. The second-order valence-corrected chi connectivity index (χ2v) is 5.88. The first-order chi connectivity index (χ1) is 12.0. The molecule has 2 N–H and O–H groups in total. The Morgan fingerprint density at radius 3 is 2.68 bits per heavy atom. The zero-order valence-electron chi connectivity index (χ0n) is 14.1. The minimum absolute atomic E-state index is 0.0169. The molecule has 0 saturated heterocycles. The van der Waals surface area contributed by atoms with Crippen LogP contribution < -0.4 is 10.6 Å². The molecule has 2 aromatic rings. The lowest BCUT2D eigenvalue weighted by Crippen LogP contribution is -2.42. The van der Waals surface area contributed by atoms with Crippen LogP contribution >= 0.6 is 11.6 Å². The van der Waals surface area contributed by atoms with Crippen LogP contribution in [0.1, 0.15) is 5.56 Å². The average molecular weight is 363 g/mol. The second-order valence-electron chi connectivity index (χ2n) is 5.45. The lowest BCUT2D eigenvalue weighted by molar-refractivity contribution is -0.115. The Morgan fingerprint density at radius 1 is 1.24 bits per heavy atom. The number of anilines is 1. The van der Waals surface area contributed by atoms with Gasteiger partial charge >= 0.3 is 0 Å². The van der Waals surface area contributed by atoms with Crippen LogP contribution in [0.5, 0.6) is 0 Å². The van der Waals surface area contributed by atoms with E-state index in [1.807, 2.05) is 36.2 Å². The van der Waals surface area contributed by atoms with Gasteiger partial charge in [0.05, 0.1) is 6.54 Å². The smallest absolute Gasteiger partial charge is 0.243 e. The second kappa shape index (κ2) is 9.03. The Balaban J connectivity index is 1.87. The largest absolute Gasteiger partial charge is 0.347 e. The SMILES string of the molecule is CN=C(NCC(=O)Nc1cccc(F)c1)N(C)Cc1cccc(Cl)c1. The maximum absolute atomic E-state index is 13.1. The number of benzene rings is 2. The molecular weight excluding hydrogens is 343 g/mol. The first-order valence-electron chi connectivity index (χ1n) is 7.69. The van der Waals surface area contributed by atoms with Crippen molar-refractivity contribution >= 4 is 29.2 Å². The Hall–Kier alpha value is -2.60. The summed E-state index contributed by atoms with van der Waals surface area (Å²) >= 11 is 5.99. The monoisotopic (exact) mass is 362 g/mol. The number of nitrogens with zero attached hydrogens (tertiary/aromatic N) is 2. The van der Waals surface area contributed by atoms with E-state index in [0.29, 0.717) is 23.2 Å². The van der Waals surface area contributed by atoms with Gasteiger partial charge in [-0.3, -0.25) is 9.79 Å². The summed E-state index contributed by atoms with van der Waals surface area (Å²) in [6.07, 6.45) is 0. The number of rotatable bonds is 5. The zero-order chi connectivity index (χ0) is 18.2. The van der Waals surface area contributed by atoms with E-state index in [2.05, 4.69) is 15.6 Å². The minimum Gasteiger partial charge on any atom is -0.347 e. The number of halogens is 2. The van der Waals surface area contributed by atoms with E-state index < -0.39 is 5.82 Å². The molecule has 2 aromatic carbocycles. The third-order valence-corrected chi connectivity index (χ3v) is 3.63. The van der Waals surface area contributed by atoms with Crippen molar-refractivity contribution in [3.63, 3.8) is 0 Å². The summed E-state index contributed by atoms with van der Waals surface area (Å²) < 4.78 is 13.1. The van der Waals surface area contributed by atoms with Crippen LogP contribution in [-0.4, -0.2) is 37.4 Å². The molecule has 0 fully saturated rings. The Morgan fingerprint density at radius 2 is 2.00 bits per heavy atom. The van der Waals surface area contributed by atoms with Crippen molar-refractivity contribution in [2.45, 2.75) is 6.54 Å². The van der Waals surface area contributed by atoms with Crippen LogP contribution in [0.4, 0.5) is 10.1 Å². The van der Waals surface area contributed by atoms with E-state index in [0.717, 1.165) is 5.56 Å². The van der Waals surface area contributed by atoms with Gasteiger partial charge in [-0.05, 0) is 35.9 Å². The number of nitrogens with one attached hydrogen (secondary N) is 2. The van der Waals surface area contributed by atoms with E-state index in [1.54, 1.807) is 13.1 Å². The van der Waals surface area contributed by atoms with Gasteiger partial charge in [-0.2, -0.15) is 0 Å². The highest BCUT2D eigenvalue weighted by Gasteiger charge is 2.09. The van der Waals surface area contributed by atoms with Crippen LogP contribution in [0, 0.1) is 5.82 Å². The van der Waals surface area contributed by atoms with Crippen molar-refractivity contribution in [1.82, 2.24) is 10.2 Å². The van der Waals surface area contributed by atoms with Gasteiger partial charge in [0, 0.05) is 31.4 Å². The maximum atomic E-state index is 13.1. The third kappa shape index (κ3) is 6.08. The first-order valence-corrected chi connectivity index (χ1v) is 8.07. The molecule has 0 aliphatic rings. The zero-order valence-corrected chi connectivity index (χ0v) is 14.8. The molecule has 0 saturated carbocycles. The summed E-state index contributed by atoms with van der Waals surface area (Å²) in [5, 5.41) is 6.27. The van der Waals surface area contributed by atoms with Crippen LogP contribution in [-0.2, 0) is 11.3 Å². The maximum Gasteiger partial charge on any atom is 0.243 e. The van der Waals surface area contributed by atoms with E-state index in [1.165, 1.54) is 18.2 Å². The van der Waals surface area contributed by atoms with Gasteiger partial charge in [0.25, 0.3) is 0 Å². The van der Waals surface area contributed by atoms with E-state index in [-0.39, 0.29) is 12.5 Å². The molecule has 7 heteroatoms. The Kier molecular flexibility index (Phi) is 6.77. The van der Waals surface area contributed by atoms with Gasteiger partial charge in [0.1, 0.15) is 5.82 Å². The lowest BCUT2D eigenvalue weighted by atomic mass is 10.2. The van der Waals surface area contributed by atoms with Gasteiger partial charge in [0.15, 0.2) is 5.96 Å². The predicted octanol–water partition coefficient (Wildman–Crippen LogP) is 3.13. The number of hydrogen-bond acceptors (Lipinski definition) is 2. The number of carbonyl (C=O) groups excluding carboxylic acids is 1. The molecule has 0 aromatic heterocycles. The molecule has 5 nitrogen and oxygen atoms in total. The van der Waals surface area contributed by atoms with Gasteiger partial charge in [0.2, 0.25) is 5.91 Å². The van der Waals surface area contributed by atoms with E-state index >= 15 is 0 Å². The molecule has 0 bridgehead atoms. The molecule has 0 aliphatic heterocycles. The molecule has 1 amide bonds. The van der Waals surface area contributed by atoms with Gasteiger partial charge in [-0.1, -0.05) is 29.8 Å². The number of carbonyl (C=O) groups is 1. The van der Waals surface area contributed by atoms with E-state index in [4.69, 9.17) is 11.6 Å². The average Bonchev–Trinajstić information content (AvgIpc) is 2.55. The fraction of sp³-hybridized carbons (Fsp3) is 0.222. The summed E-state index contributed by atoms with van der Waals surface area (Å²) in [5.41, 5.74) is 1.44. The fourth-order valence-electron chi connectivity index (χ4n) is 2.30. The number of hydrogen-bond donors (Lipinski definition) is 2. The topological polar surface area (TPSA) is 56.7 Å². The Labute approximate surface area is 151 Å². The highest BCUT2D eigenvalue weighted by atomic mass is 35.5. The minimum atomic E-state index is -0.400. The summed E-state index contributed by atoms with van der Waals surface area (Å²) in [7, 11) is 3.50. The van der Waals surface area contributed by atoms with Gasteiger partial charge in [-0.15, -0.1) is 0 Å². The lowest BCUT2D eigenvalue weighted by Gasteiger charge is -2.22. The first kappa shape index (κ1) is 18.7. The van der Waals surface area contributed by atoms with Gasteiger partial charge < -0.3 is 15.5 Å². The van der Waals surface area contributed by atoms with Crippen LogP contribution in [0.3, 0.4) is 0 Å². The van der Waals surface area contributed by atoms with Crippen molar-refractivity contribution in [2.24, 2.45) is 4.99 Å². The number of guanidine groups is 1. The number of amides is 1. The highest BCUT2D eigenvalue weighted by molar-refractivity contribution is 6.30. The van der Waals surface area contributed by atoms with Crippen molar-refractivity contribution in [3.05, 3.63) is 64.9 Å². The standard InChI is InChI=1S/C18H20ClFN4O/c1-21-18(24(2)12-13-5-3-6-14(19)9-13)22-11-17(25)23-16-8-4-7-15(20)10-16/h3-10H,11-12H2,1-2H3,(H,21,22)(H,23,25).